The predicted octanol–water partition coefficient (Wildman–Crippen LogP) is 2.06. The summed E-state index contributed by atoms with van der Waals surface area (Å²) in [5, 5.41) is 28.3. The van der Waals surface area contributed by atoms with Crippen molar-refractivity contribution < 1.29 is 14.8 Å². The van der Waals surface area contributed by atoms with Crippen LogP contribution in [0.5, 0.6) is 0 Å². The Balaban J connectivity index is 3.54. The van der Waals surface area contributed by atoms with E-state index in [0.29, 0.717) is 0 Å². The molecule has 82 valence electrons. The number of nitrogens with zero attached hydrogens (tertiary/aromatic N) is 2. The lowest BCUT2D eigenvalue weighted by Gasteiger charge is -2.02. The maximum atomic E-state index is 10.8. The highest BCUT2D eigenvalue weighted by molar-refractivity contribution is 9.08. The van der Waals surface area contributed by atoms with E-state index in [1.165, 1.54) is 6.07 Å². The van der Waals surface area contributed by atoms with Crippen molar-refractivity contribution >= 4 is 27.6 Å². The van der Waals surface area contributed by atoms with Crippen LogP contribution in [-0.2, 0) is 5.33 Å². The SMILES string of the molecule is N#Cc1cc(CBr)c([N+](=O)[O-])cc1C(=O)O. The number of nitriles is 1. The molecule has 1 aromatic rings. The average Bonchev–Trinajstić information content (AvgIpc) is 2.26. The summed E-state index contributed by atoms with van der Waals surface area (Å²) < 4.78 is 0. The van der Waals surface area contributed by atoms with Crippen molar-refractivity contribution in [3.05, 3.63) is 38.9 Å². The number of rotatable bonds is 3. The predicted molar refractivity (Wildman–Crippen MR) is 57.4 cm³/mol. The molecule has 0 radical (unpaired) electrons. The van der Waals surface area contributed by atoms with Crippen LogP contribution in [0.4, 0.5) is 5.69 Å². The first-order valence-electron chi connectivity index (χ1n) is 4.02. The lowest BCUT2D eigenvalue weighted by molar-refractivity contribution is -0.385. The van der Waals surface area contributed by atoms with E-state index in [1.807, 2.05) is 0 Å². The summed E-state index contributed by atoms with van der Waals surface area (Å²) in [6.45, 7) is 0. The van der Waals surface area contributed by atoms with Crippen molar-refractivity contribution in [1.29, 1.82) is 5.26 Å². The molecular formula is C9H5BrN2O4. The number of hydrogen-bond donors (Lipinski definition) is 1. The number of carboxylic acid groups (broad SMARTS) is 1. The van der Waals surface area contributed by atoms with Gasteiger partial charge in [0.1, 0.15) is 6.07 Å². The zero-order valence-electron chi connectivity index (χ0n) is 7.81. The summed E-state index contributed by atoms with van der Waals surface area (Å²) in [5.41, 5.74) is -0.494. The van der Waals surface area contributed by atoms with E-state index in [-0.39, 0.29) is 27.7 Å². The van der Waals surface area contributed by atoms with E-state index < -0.39 is 10.9 Å². The molecule has 6 nitrogen and oxygen atoms in total. The van der Waals surface area contributed by atoms with Crippen LogP contribution >= 0.6 is 15.9 Å². The number of alkyl halides is 1. The van der Waals surface area contributed by atoms with Crippen molar-refractivity contribution in [2.24, 2.45) is 0 Å². The van der Waals surface area contributed by atoms with Gasteiger partial charge in [-0.05, 0) is 6.07 Å². The van der Waals surface area contributed by atoms with Crippen molar-refractivity contribution in [3.63, 3.8) is 0 Å². The Hall–Kier alpha value is -1.94. The smallest absolute Gasteiger partial charge is 0.337 e. The maximum Gasteiger partial charge on any atom is 0.337 e. The van der Waals surface area contributed by atoms with Gasteiger partial charge < -0.3 is 5.11 Å². The van der Waals surface area contributed by atoms with E-state index in [9.17, 15) is 14.9 Å². The zero-order chi connectivity index (χ0) is 12.3. The van der Waals surface area contributed by atoms with Crippen LogP contribution in [0.25, 0.3) is 0 Å². The first-order valence-corrected chi connectivity index (χ1v) is 5.14. The molecule has 0 aromatic heterocycles. The van der Waals surface area contributed by atoms with Gasteiger partial charge in [-0.15, -0.1) is 0 Å². The fraction of sp³-hybridized carbons (Fsp3) is 0.111. The Morgan fingerprint density at radius 3 is 2.62 bits per heavy atom. The zero-order valence-corrected chi connectivity index (χ0v) is 9.39. The second kappa shape index (κ2) is 4.72. The van der Waals surface area contributed by atoms with Gasteiger partial charge in [0.25, 0.3) is 5.69 Å². The standard InChI is InChI=1S/C9H5BrN2O4/c10-3-5-1-6(4-11)7(9(13)14)2-8(5)12(15)16/h1-2H,3H2,(H,13,14). The molecule has 0 saturated heterocycles. The summed E-state index contributed by atoms with van der Waals surface area (Å²) in [7, 11) is 0. The fourth-order valence-corrected chi connectivity index (χ4v) is 1.63. The second-order valence-corrected chi connectivity index (χ2v) is 3.39. The summed E-state index contributed by atoms with van der Waals surface area (Å²) in [6, 6.07) is 3.80. The Morgan fingerprint density at radius 1 is 1.62 bits per heavy atom. The lowest BCUT2D eigenvalue weighted by atomic mass is 10.0. The molecule has 0 bridgehead atoms. The maximum absolute atomic E-state index is 10.8. The van der Waals surface area contributed by atoms with Crippen LogP contribution in [0.3, 0.4) is 0 Å². The number of aromatic carboxylic acids is 1. The Morgan fingerprint density at radius 2 is 2.25 bits per heavy atom. The molecule has 16 heavy (non-hydrogen) atoms. The first kappa shape index (κ1) is 12.1. The number of carboxylic acids is 1. The summed E-state index contributed by atoms with van der Waals surface area (Å²) in [5.74, 6) is -1.36. The molecule has 0 spiro atoms. The average molecular weight is 285 g/mol. The summed E-state index contributed by atoms with van der Waals surface area (Å²) in [4.78, 5) is 20.8. The molecule has 1 aromatic carbocycles. The molecule has 0 saturated carbocycles. The van der Waals surface area contributed by atoms with E-state index in [4.69, 9.17) is 10.4 Å². The largest absolute Gasteiger partial charge is 0.478 e. The Labute approximate surface area is 98.4 Å². The van der Waals surface area contributed by atoms with Crippen LogP contribution in [0.1, 0.15) is 21.5 Å². The molecule has 0 unspecified atom stereocenters. The molecule has 0 aliphatic heterocycles. The van der Waals surface area contributed by atoms with Gasteiger partial charge in [0.15, 0.2) is 0 Å². The van der Waals surface area contributed by atoms with E-state index in [1.54, 1.807) is 6.07 Å². The van der Waals surface area contributed by atoms with Gasteiger partial charge in [-0.1, -0.05) is 15.9 Å². The molecule has 0 fully saturated rings. The minimum absolute atomic E-state index is 0.0902. The van der Waals surface area contributed by atoms with Gasteiger partial charge in [0.2, 0.25) is 0 Å². The minimum atomic E-state index is -1.36. The highest BCUT2D eigenvalue weighted by atomic mass is 79.9. The van der Waals surface area contributed by atoms with Crippen LogP contribution in [0.15, 0.2) is 12.1 Å². The summed E-state index contributed by atoms with van der Waals surface area (Å²) >= 11 is 3.04. The second-order valence-electron chi connectivity index (χ2n) is 2.83. The highest BCUT2D eigenvalue weighted by Crippen LogP contribution is 2.25. The molecule has 0 heterocycles. The van der Waals surface area contributed by atoms with E-state index in [2.05, 4.69) is 15.9 Å². The number of benzene rings is 1. The van der Waals surface area contributed by atoms with Crippen molar-refractivity contribution in [1.82, 2.24) is 0 Å². The third-order valence-electron chi connectivity index (χ3n) is 1.91. The monoisotopic (exact) mass is 284 g/mol. The van der Waals surface area contributed by atoms with Crippen LogP contribution in [0, 0.1) is 21.4 Å². The normalized spacial score (nSPS) is 9.50. The molecule has 0 aliphatic carbocycles. The topological polar surface area (TPSA) is 104 Å². The molecule has 1 N–H and O–H groups in total. The Bertz CT molecular complexity index is 507. The number of nitro groups is 1. The quantitative estimate of drug-likeness (QED) is 0.520. The fourth-order valence-electron chi connectivity index (χ4n) is 1.18. The molecule has 0 amide bonds. The Kier molecular flexibility index (Phi) is 3.58. The molecule has 1 rings (SSSR count). The van der Waals surface area contributed by atoms with Crippen molar-refractivity contribution in [3.8, 4) is 6.07 Å². The van der Waals surface area contributed by atoms with Crippen LogP contribution in [0.2, 0.25) is 0 Å². The number of nitro benzene ring substituents is 1. The number of hydrogen-bond acceptors (Lipinski definition) is 4. The van der Waals surface area contributed by atoms with Crippen molar-refractivity contribution in [2.75, 3.05) is 0 Å². The molecule has 7 heteroatoms. The molecule has 0 aliphatic rings. The molecular weight excluding hydrogens is 280 g/mol. The number of carbonyl (C=O) groups is 1. The first-order chi connectivity index (χ1) is 7.51. The van der Waals surface area contributed by atoms with Crippen LogP contribution < -0.4 is 0 Å². The van der Waals surface area contributed by atoms with Crippen LogP contribution in [-0.4, -0.2) is 16.0 Å². The third kappa shape index (κ3) is 2.17. The van der Waals surface area contributed by atoms with E-state index in [0.717, 1.165) is 6.07 Å². The van der Waals surface area contributed by atoms with Gasteiger partial charge in [0.05, 0.1) is 16.1 Å². The van der Waals surface area contributed by atoms with Gasteiger partial charge >= 0.3 is 5.97 Å². The lowest BCUT2D eigenvalue weighted by Crippen LogP contribution is -2.04. The summed E-state index contributed by atoms with van der Waals surface area (Å²) in [6.07, 6.45) is 0. The van der Waals surface area contributed by atoms with E-state index >= 15 is 0 Å². The van der Waals surface area contributed by atoms with Gasteiger partial charge in [-0.3, -0.25) is 10.1 Å². The minimum Gasteiger partial charge on any atom is -0.478 e. The highest BCUT2D eigenvalue weighted by Gasteiger charge is 2.20. The number of halogens is 1. The molecule has 0 atom stereocenters. The van der Waals surface area contributed by atoms with Gasteiger partial charge in [-0.2, -0.15) is 5.26 Å². The van der Waals surface area contributed by atoms with Gasteiger partial charge in [-0.25, -0.2) is 4.79 Å². The third-order valence-corrected chi connectivity index (χ3v) is 2.51. The van der Waals surface area contributed by atoms with Crippen molar-refractivity contribution in [2.45, 2.75) is 5.33 Å². The van der Waals surface area contributed by atoms with Gasteiger partial charge in [0, 0.05) is 17.0 Å².